The van der Waals surface area contributed by atoms with Crippen LogP contribution in [0.1, 0.15) is 45.6 Å². The van der Waals surface area contributed by atoms with E-state index in [1.807, 2.05) is 12.1 Å². The summed E-state index contributed by atoms with van der Waals surface area (Å²) in [5.41, 5.74) is 1.15. The molecule has 0 saturated heterocycles. The van der Waals surface area contributed by atoms with Gasteiger partial charge in [0.15, 0.2) is 0 Å². The lowest BCUT2D eigenvalue weighted by molar-refractivity contribution is 0.399. The van der Waals surface area contributed by atoms with Crippen LogP contribution in [0.25, 0.3) is 0 Å². The molecule has 0 spiro atoms. The van der Waals surface area contributed by atoms with Crippen molar-refractivity contribution >= 4 is 23.2 Å². The number of hydrogen-bond donors (Lipinski definition) is 1. The molecule has 1 nitrogen and oxygen atoms in total. The molecule has 1 rings (SSSR count). The quantitative estimate of drug-likeness (QED) is 0.683. The predicted octanol–water partition coefficient (Wildman–Crippen LogP) is 5.34. The van der Waals surface area contributed by atoms with Crippen molar-refractivity contribution in [3.8, 4) is 0 Å². The lowest BCUT2D eigenvalue weighted by Crippen LogP contribution is -2.31. The Hall–Kier alpha value is -0.240. The van der Waals surface area contributed by atoms with E-state index >= 15 is 0 Å². The summed E-state index contributed by atoms with van der Waals surface area (Å²) in [5.74, 6) is 0.712. The first-order valence-corrected chi connectivity index (χ1v) is 7.96. The molecule has 19 heavy (non-hydrogen) atoms. The Morgan fingerprint density at radius 3 is 2.58 bits per heavy atom. The van der Waals surface area contributed by atoms with Crippen LogP contribution in [0.2, 0.25) is 10.0 Å². The van der Waals surface area contributed by atoms with Crippen molar-refractivity contribution in [1.82, 2.24) is 5.32 Å². The van der Waals surface area contributed by atoms with Gasteiger partial charge in [-0.2, -0.15) is 0 Å². The van der Waals surface area contributed by atoms with Crippen LogP contribution in [0.5, 0.6) is 0 Å². The fourth-order valence-electron chi connectivity index (χ4n) is 2.29. The minimum absolute atomic E-state index is 0.565. The van der Waals surface area contributed by atoms with Crippen LogP contribution < -0.4 is 5.32 Å². The topological polar surface area (TPSA) is 12.0 Å². The molecule has 0 aliphatic rings. The molecule has 1 unspecified atom stereocenters. The highest BCUT2D eigenvalue weighted by molar-refractivity contribution is 6.42. The summed E-state index contributed by atoms with van der Waals surface area (Å²) in [6.45, 7) is 7.83. The minimum atomic E-state index is 0.565. The molecule has 1 N–H and O–H groups in total. The molecule has 0 amide bonds. The van der Waals surface area contributed by atoms with Crippen LogP contribution in [0, 0.1) is 5.92 Å². The number of hydrogen-bond acceptors (Lipinski definition) is 1. The van der Waals surface area contributed by atoms with Gasteiger partial charge in [0.1, 0.15) is 0 Å². The summed E-state index contributed by atoms with van der Waals surface area (Å²) in [4.78, 5) is 0. The predicted molar refractivity (Wildman–Crippen MR) is 86.3 cm³/mol. The first-order valence-electron chi connectivity index (χ1n) is 7.20. The van der Waals surface area contributed by atoms with Crippen LogP contribution in [-0.4, -0.2) is 12.6 Å². The number of aryl methyl sites for hydroxylation is 1. The van der Waals surface area contributed by atoms with E-state index in [9.17, 15) is 0 Å². The Balaban J connectivity index is 2.56. The Bertz CT molecular complexity index is 377. The van der Waals surface area contributed by atoms with Crippen molar-refractivity contribution in [2.45, 2.75) is 52.5 Å². The molecule has 1 atom stereocenters. The molecule has 108 valence electrons. The van der Waals surface area contributed by atoms with Crippen LogP contribution in [-0.2, 0) is 6.42 Å². The number of benzene rings is 1. The van der Waals surface area contributed by atoms with E-state index in [-0.39, 0.29) is 0 Å². The van der Waals surface area contributed by atoms with Crippen LogP contribution in [0.15, 0.2) is 18.2 Å². The Labute approximate surface area is 127 Å². The number of rotatable bonds is 8. The smallest absolute Gasteiger partial charge is 0.0624 e. The van der Waals surface area contributed by atoms with Crippen molar-refractivity contribution < 1.29 is 0 Å². The third kappa shape index (κ3) is 6.16. The second-order valence-corrected chi connectivity index (χ2v) is 6.32. The summed E-state index contributed by atoms with van der Waals surface area (Å²) in [6.07, 6.45) is 4.47. The third-order valence-electron chi connectivity index (χ3n) is 3.23. The van der Waals surface area contributed by atoms with Gasteiger partial charge in [-0.25, -0.2) is 0 Å². The summed E-state index contributed by atoms with van der Waals surface area (Å²) in [6, 6.07) is 6.45. The molecule has 0 fully saturated rings. The summed E-state index contributed by atoms with van der Waals surface area (Å²) in [5, 5.41) is 4.99. The van der Waals surface area contributed by atoms with Gasteiger partial charge in [0.2, 0.25) is 0 Å². The molecular formula is C16H25Cl2N. The third-order valence-corrected chi connectivity index (χ3v) is 4.09. The van der Waals surface area contributed by atoms with E-state index in [0.717, 1.165) is 24.9 Å². The van der Waals surface area contributed by atoms with Gasteiger partial charge in [-0.05, 0) is 49.8 Å². The lowest BCUT2D eigenvalue weighted by Gasteiger charge is -2.20. The van der Waals surface area contributed by atoms with Crippen LogP contribution in [0.3, 0.4) is 0 Å². The first kappa shape index (κ1) is 16.8. The molecule has 0 bridgehead atoms. The summed E-state index contributed by atoms with van der Waals surface area (Å²) < 4.78 is 0. The van der Waals surface area contributed by atoms with E-state index in [0.29, 0.717) is 22.0 Å². The largest absolute Gasteiger partial charge is 0.314 e. The maximum Gasteiger partial charge on any atom is 0.0624 e. The van der Waals surface area contributed by atoms with Crippen LogP contribution >= 0.6 is 23.2 Å². The van der Waals surface area contributed by atoms with Gasteiger partial charge in [-0.3, -0.25) is 0 Å². The standard InChI is InChI=1S/C16H25Cl2N/c1-4-10-19-14(11-12(2)3)9-8-13-6-5-7-15(17)16(13)18/h5-7,12,14,19H,4,8-11H2,1-3H3. The van der Waals surface area contributed by atoms with Crippen molar-refractivity contribution in [3.63, 3.8) is 0 Å². The van der Waals surface area contributed by atoms with Gasteiger partial charge in [0, 0.05) is 6.04 Å². The highest BCUT2D eigenvalue weighted by atomic mass is 35.5. The van der Waals surface area contributed by atoms with Gasteiger partial charge in [-0.1, -0.05) is 56.1 Å². The fraction of sp³-hybridized carbons (Fsp3) is 0.625. The Kier molecular flexibility index (Phi) is 7.82. The first-order chi connectivity index (χ1) is 9.04. The average molecular weight is 302 g/mol. The zero-order chi connectivity index (χ0) is 14.3. The van der Waals surface area contributed by atoms with Crippen molar-refractivity contribution in [2.75, 3.05) is 6.54 Å². The van der Waals surface area contributed by atoms with Gasteiger partial charge in [0.25, 0.3) is 0 Å². The second kappa shape index (κ2) is 8.84. The maximum absolute atomic E-state index is 6.23. The lowest BCUT2D eigenvalue weighted by atomic mass is 9.97. The minimum Gasteiger partial charge on any atom is -0.314 e. The molecule has 1 aromatic rings. The molecule has 0 heterocycles. The van der Waals surface area contributed by atoms with Crippen molar-refractivity contribution in [3.05, 3.63) is 33.8 Å². The second-order valence-electron chi connectivity index (χ2n) is 5.53. The van der Waals surface area contributed by atoms with Crippen molar-refractivity contribution in [2.24, 2.45) is 5.92 Å². The number of halogens is 2. The van der Waals surface area contributed by atoms with Crippen molar-refractivity contribution in [1.29, 1.82) is 0 Å². The molecule has 1 aromatic carbocycles. The maximum atomic E-state index is 6.23. The van der Waals surface area contributed by atoms with Gasteiger partial charge < -0.3 is 5.32 Å². The molecule has 0 aromatic heterocycles. The average Bonchev–Trinajstić information content (AvgIpc) is 2.36. The van der Waals surface area contributed by atoms with E-state index in [1.54, 1.807) is 0 Å². The van der Waals surface area contributed by atoms with Gasteiger partial charge in [0.05, 0.1) is 10.0 Å². The molecule has 0 aliphatic heterocycles. The normalized spacial score (nSPS) is 12.9. The van der Waals surface area contributed by atoms with E-state index in [1.165, 1.54) is 12.8 Å². The molecule has 0 aliphatic carbocycles. The monoisotopic (exact) mass is 301 g/mol. The SMILES string of the molecule is CCCNC(CCc1cccc(Cl)c1Cl)CC(C)C. The van der Waals surface area contributed by atoms with Gasteiger partial charge in [-0.15, -0.1) is 0 Å². The van der Waals surface area contributed by atoms with Crippen LogP contribution in [0.4, 0.5) is 0 Å². The Morgan fingerprint density at radius 2 is 1.95 bits per heavy atom. The summed E-state index contributed by atoms with van der Waals surface area (Å²) >= 11 is 12.3. The zero-order valence-corrected chi connectivity index (χ0v) is 13.7. The number of nitrogens with one attached hydrogen (secondary N) is 1. The fourth-order valence-corrected chi connectivity index (χ4v) is 2.71. The van der Waals surface area contributed by atoms with Gasteiger partial charge >= 0.3 is 0 Å². The van der Waals surface area contributed by atoms with E-state index in [2.05, 4.69) is 32.2 Å². The molecule has 0 saturated carbocycles. The zero-order valence-electron chi connectivity index (χ0n) is 12.2. The summed E-state index contributed by atoms with van der Waals surface area (Å²) in [7, 11) is 0. The molecular weight excluding hydrogens is 277 g/mol. The van der Waals surface area contributed by atoms with E-state index < -0.39 is 0 Å². The highest BCUT2D eigenvalue weighted by Gasteiger charge is 2.12. The highest BCUT2D eigenvalue weighted by Crippen LogP contribution is 2.27. The molecule has 0 radical (unpaired) electrons. The van der Waals surface area contributed by atoms with E-state index in [4.69, 9.17) is 23.2 Å². The Morgan fingerprint density at radius 1 is 1.21 bits per heavy atom. The molecule has 3 heteroatoms.